The summed E-state index contributed by atoms with van der Waals surface area (Å²) in [5, 5.41) is 14.6. The molecule has 0 spiro atoms. The van der Waals surface area contributed by atoms with Crippen molar-refractivity contribution in [3.8, 4) is 16.9 Å². The Bertz CT molecular complexity index is 1380. The van der Waals surface area contributed by atoms with Gasteiger partial charge in [0.15, 0.2) is 11.5 Å². The minimum absolute atomic E-state index is 0.0843. The maximum absolute atomic E-state index is 12.5. The first kappa shape index (κ1) is 24.0. The van der Waals surface area contributed by atoms with E-state index in [1.807, 2.05) is 45.3 Å². The highest BCUT2D eigenvalue weighted by Gasteiger charge is 2.17. The summed E-state index contributed by atoms with van der Waals surface area (Å²) in [6.45, 7) is 4.35. The fourth-order valence-electron chi connectivity index (χ4n) is 3.98. The van der Waals surface area contributed by atoms with Gasteiger partial charge in [-0.15, -0.1) is 0 Å². The Morgan fingerprint density at radius 3 is 2.29 bits per heavy atom. The molecular formula is C27H25Cl2N3O2. The van der Waals surface area contributed by atoms with Crippen molar-refractivity contribution in [1.82, 2.24) is 9.88 Å². The third-order valence-corrected chi connectivity index (χ3v) is 6.22. The van der Waals surface area contributed by atoms with E-state index >= 15 is 0 Å². The number of rotatable bonds is 6. The van der Waals surface area contributed by atoms with Crippen molar-refractivity contribution in [1.29, 1.82) is 0 Å². The lowest BCUT2D eigenvalue weighted by Crippen LogP contribution is -2.10. The van der Waals surface area contributed by atoms with Gasteiger partial charge in [-0.25, -0.2) is 0 Å². The van der Waals surface area contributed by atoms with Crippen molar-refractivity contribution in [2.75, 3.05) is 19.4 Å². The van der Waals surface area contributed by atoms with Gasteiger partial charge in [-0.3, -0.25) is 9.78 Å². The number of benzene rings is 3. The van der Waals surface area contributed by atoms with Crippen molar-refractivity contribution in [3.05, 3.63) is 81.5 Å². The zero-order valence-corrected chi connectivity index (χ0v) is 20.9. The second kappa shape index (κ2) is 9.63. The lowest BCUT2D eigenvalue weighted by Gasteiger charge is -2.17. The molecular weight excluding hydrogens is 469 g/mol. The molecule has 4 aromatic rings. The van der Waals surface area contributed by atoms with Gasteiger partial charge in [0.2, 0.25) is 0 Å². The number of Topliss-reactive ketones (excluding diaryl/α,β-unsaturated/α-hetero) is 1. The van der Waals surface area contributed by atoms with Crippen LogP contribution in [0.1, 0.15) is 28.4 Å². The Morgan fingerprint density at radius 1 is 1.06 bits per heavy atom. The number of fused-ring (bicyclic) bond motifs is 1. The van der Waals surface area contributed by atoms with Crippen molar-refractivity contribution in [3.63, 3.8) is 0 Å². The van der Waals surface area contributed by atoms with Gasteiger partial charge in [-0.2, -0.15) is 0 Å². The van der Waals surface area contributed by atoms with Gasteiger partial charge >= 0.3 is 0 Å². The first-order valence-corrected chi connectivity index (χ1v) is 11.5. The number of phenols is 1. The fourth-order valence-corrected chi connectivity index (χ4v) is 4.47. The van der Waals surface area contributed by atoms with E-state index in [0.29, 0.717) is 11.3 Å². The first-order valence-electron chi connectivity index (χ1n) is 10.8. The van der Waals surface area contributed by atoms with Crippen molar-refractivity contribution in [2.45, 2.75) is 20.4 Å². The summed E-state index contributed by atoms with van der Waals surface area (Å²) in [5.74, 6) is -0.231. The van der Waals surface area contributed by atoms with Crippen LogP contribution >= 0.6 is 23.2 Å². The van der Waals surface area contributed by atoms with Crippen LogP contribution in [0, 0.1) is 6.92 Å². The lowest BCUT2D eigenvalue weighted by molar-refractivity contribution is 0.101. The topological polar surface area (TPSA) is 65.5 Å². The molecule has 0 radical (unpaired) electrons. The van der Waals surface area contributed by atoms with E-state index in [1.165, 1.54) is 12.5 Å². The number of phenolic OH excluding ortho intramolecular Hbond substituents is 1. The molecule has 4 rings (SSSR count). The number of anilines is 2. The van der Waals surface area contributed by atoms with Crippen LogP contribution in [0.3, 0.4) is 0 Å². The molecule has 0 fully saturated rings. The molecule has 0 amide bonds. The number of carbonyl (C=O) groups excluding carboxylic acids is 1. The van der Waals surface area contributed by atoms with Crippen LogP contribution in [0.2, 0.25) is 10.0 Å². The zero-order valence-electron chi connectivity index (χ0n) is 19.4. The number of ketones is 1. The van der Waals surface area contributed by atoms with Crippen LogP contribution in [0.25, 0.3) is 22.0 Å². The Kier molecular flexibility index (Phi) is 6.80. The summed E-state index contributed by atoms with van der Waals surface area (Å²) in [6.07, 6.45) is 1.61. The number of aromatic hydroxyl groups is 1. The number of hydrogen-bond acceptors (Lipinski definition) is 5. The van der Waals surface area contributed by atoms with E-state index in [4.69, 9.17) is 23.2 Å². The summed E-state index contributed by atoms with van der Waals surface area (Å²) < 4.78 is 0. The molecule has 1 aromatic heterocycles. The summed E-state index contributed by atoms with van der Waals surface area (Å²) in [4.78, 5) is 19.1. The van der Waals surface area contributed by atoms with E-state index in [2.05, 4.69) is 27.3 Å². The van der Waals surface area contributed by atoms with Crippen LogP contribution < -0.4 is 5.32 Å². The van der Waals surface area contributed by atoms with Crippen molar-refractivity contribution >= 4 is 51.3 Å². The largest absolute Gasteiger partial charge is 0.505 e. The summed E-state index contributed by atoms with van der Waals surface area (Å²) in [6, 6.07) is 15.4. The first-order chi connectivity index (χ1) is 16.1. The average molecular weight is 494 g/mol. The van der Waals surface area contributed by atoms with E-state index < -0.39 is 0 Å². The molecule has 0 unspecified atom stereocenters. The molecule has 0 aliphatic rings. The monoisotopic (exact) mass is 493 g/mol. The number of aryl methyl sites for hydroxylation is 1. The predicted octanol–water partition coefficient (Wildman–Crippen LogP) is 7.23. The zero-order chi connectivity index (χ0) is 24.6. The number of aromatic nitrogens is 1. The van der Waals surface area contributed by atoms with Gasteiger partial charge in [-0.1, -0.05) is 35.3 Å². The molecule has 0 aliphatic carbocycles. The van der Waals surface area contributed by atoms with E-state index in [9.17, 15) is 9.90 Å². The highest BCUT2D eigenvalue weighted by molar-refractivity contribution is 6.37. The molecule has 2 N–H and O–H groups in total. The third kappa shape index (κ3) is 4.87. The predicted molar refractivity (Wildman–Crippen MR) is 141 cm³/mol. The Balaban J connectivity index is 1.86. The molecule has 0 bridgehead atoms. The minimum atomic E-state index is -0.147. The van der Waals surface area contributed by atoms with Gasteiger partial charge in [-0.05, 0) is 86.6 Å². The maximum Gasteiger partial charge on any atom is 0.163 e. The second-order valence-electron chi connectivity index (χ2n) is 8.64. The summed E-state index contributed by atoms with van der Waals surface area (Å²) >= 11 is 12.4. The van der Waals surface area contributed by atoms with Gasteiger partial charge in [0.1, 0.15) is 0 Å². The highest BCUT2D eigenvalue weighted by Crippen LogP contribution is 2.40. The standard InChI is InChI=1S/C27H25Cl2N3O2/c1-15-9-25-21(12-20(15)18-10-23(28)27(34)24(29)11-18)26(22(13-30-25)16(2)33)31-19-7-5-17(6-8-19)14-32(3)4/h5-13,34H,14H2,1-4H3,(H,30,31). The molecule has 3 aromatic carbocycles. The highest BCUT2D eigenvalue weighted by atomic mass is 35.5. The number of nitrogens with zero attached hydrogens (tertiary/aromatic N) is 2. The second-order valence-corrected chi connectivity index (χ2v) is 9.45. The smallest absolute Gasteiger partial charge is 0.163 e. The Morgan fingerprint density at radius 2 is 1.71 bits per heavy atom. The Hall–Kier alpha value is -3.12. The van der Waals surface area contributed by atoms with Gasteiger partial charge in [0.25, 0.3) is 0 Å². The molecule has 0 aliphatic heterocycles. The van der Waals surface area contributed by atoms with Crippen LogP contribution in [-0.2, 0) is 6.54 Å². The van der Waals surface area contributed by atoms with E-state index in [0.717, 1.165) is 39.8 Å². The van der Waals surface area contributed by atoms with Gasteiger partial charge in [0, 0.05) is 23.8 Å². The normalized spacial score (nSPS) is 11.3. The van der Waals surface area contributed by atoms with Crippen LogP contribution in [0.5, 0.6) is 5.75 Å². The average Bonchev–Trinajstić information content (AvgIpc) is 2.77. The number of carbonyl (C=O) groups is 1. The SMILES string of the molecule is CC(=O)c1cnc2cc(C)c(-c3cc(Cl)c(O)c(Cl)c3)cc2c1Nc1ccc(CN(C)C)cc1. The molecule has 174 valence electrons. The number of hydrogen-bond donors (Lipinski definition) is 2. The lowest BCUT2D eigenvalue weighted by atomic mass is 9.96. The van der Waals surface area contributed by atoms with Crippen LogP contribution in [0.15, 0.2) is 54.7 Å². The summed E-state index contributed by atoms with van der Waals surface area (Å²) in [7, 11) is 4.06. The number of nitrogens with one attached hydrogen (secondary N) is 1. The van der Waals surface area contributed by atoms with Crippen molar-refractivity contribution in [2.24, 2.45) is 0 Å². The number of pyridine rings is 1. The Labute approximate surface area is 209 Å². The van der Waals surface area contributed by atoms with Crippen LogP contribution in [0.4, 0.5) is 11.4 Å². The minimum Gasteiger partial charge on any atom is -0.505 e. The molecule has 0 saturated carbocycles. The van der Waals surface area contributed by atoms with E-state index in [1.54, 1.807) is 18.3 Å². The molecule has 1 heterocycles. The molecule has 5 nitrogen and oxygen atoms in total. The van der Waals surface area contributed by atoms with Crippen molar-refractivity contribution < 1.29 is 9.90 Å². The van der Waals surface area contributed by atoms with Gasteiger partial charge < -0.3 is 15.3 Å². The summed E-state index contributed by atoms with van der Waals surface area (Å²) in [5.41, 5.74) is 6.62. The van der Waals surface area contributed by atoms with Gasteiger partial charge in [0.05, 0.1) is 26.8 Å². The maximum atomic E-state index is 12.5. The van der Waals surface area contributed by atoms with E-state index in [-0.39, 0.29) is 21.6 Å². The quantitative estimate of drug-likeness (QED) is 0.277. The molecule has 34 heavy (non-hydrogen) atoms. The third-order valence-electron chi connectivity index (χ3n) is 5.64. The molecule has 7 heteroatoms. The number of halogens is 2. The fraction of sp³-hybridized carbons (Fsp3) is 0.185. The molecule has 0 saturated heterocycles. The molecule has 0 atom stereocenters. The van der Waals surface area contributed by atoms with Crippen LogP contribution in [-0.4, -0.2) is 34.9 Å².